The van der Waals surface area contributed by atoms with Crippen molar-refractivity contribution in [2.24, 2.45) is 0 Å². The summed E-state index contributed by atoms with van der Waals surface area (Å²) in [6, 6.07) is 12.9. The molecule has 2 aromatic carbocycles. The lowest BCUT2D eigenvalue weighted by molar-refractivity contribution is -0.137. The van der Waals surface area contributed by atoms with E-state index < -0.39 is 23.5 Å². The monoisotopic (exact) mass is 614 g/mol. The number of H-pyrrole nitrogens is 1. The van der Waals surface area contributed by atoms with Crippen LogP contribution in [0.5, 0.6) is 0 Å². The molecule has 0 aliphatic carbocycles. The molecule has 0 fully saturated rings. The van der Waals surface area contributed by atoms with Gasteiger partial charge in [-0.25, -0.2) is 0 Å². The maximum absolute atomic E-state index is 13.0. The first-order valence-electron chi connectivity index (χ1n) is 13.1. The van der Waals surface area contributed by atoms with Gasteiger partial charge in [-0.1, -0.05) is 44.2 Å². The van der Waals surface area contributed by atoms with Crippen molar-refractivity contribution in [3.63, 3.8) is 0 Å². The largest absolute Gasteiger partial charge is 0.418 e. The Morgan fingerprint density at radius 3 is 2.00 bits per heavy atom. The third-order valence-electron chi connectivity index (χ3n) is 5.99. The number of ether oxygens (including phenoxy) is 1. The molecule has 3 rings (SSSR count). The Balaban J connectivity index is 0.000000287. The molecular weight excluding hydrogens is 580 g/mol. The molecule has 0 saturated carbocycles. The Hall–Kier alpha value is -3.08. The van der Waals surface area contributed by atoms with E-state index in [1.54, 1.807) is 24.9 Å². The molecule has 7 nitrogen and oxygen atoms in total. The van der Waals surface area contributed by atoms with Crippen molar-refractivity contribution in [1.29, 1.82) is 0 Å². The van der Waals surface area contributed by atoms with Crippen LogP contribution in [0.2, 0.25) is 0 Å². The minimum absolute atomic E-state index is 0.0324. The average Bonchev–Trinajstić information content (AvgIpc) is 3.48. The third kappa shape index (κ3) is 9.76. The molecule has 0 saturated heterocycles. The van der Waals surface area contributed by atoms with E-state index >= 15 is 0 Å². The summed E-state index contributed by atoms with van der Waals surface area (Å²) in [5.41, 5.74) is 3.04. The van der Waals surface area contributed by atoms with Crippen LogP contribution in [-0.2, 0) is 39.9 Å². The number of hydrogen-bond donors (Lipinski definition) is 1. The number of amides is 2. The van der Waals surface area contributed by atoms with Crippen molar-refractivity contribution in [2.45, 2.75) is 59.4 Å². The van der Waals surface area contributed by atoms with Gasteiger partial charge in [0.15, 0.2) is 0 Å². The maximum Gasteiger partial charge on any atom is 0.418 e. The van der Waals surface area contributed by atoms with Crippen LogP contribution in [0.15, 0.2) is 54.7 Å². The fourth-order valence-electron chi connectivity index (χ4n) is 3.99. The highest BCUT2D eigenvalue weighted by Crippen LogP contribution is 2.36. The number of aryl methyl sites for hydroxylation is 2. The van der Waals surface area contributed by atoms with Crippen LogP contribution in [0.25, 0.3) is 0 Å². The molecule has 224 valence electrons. The highest BCUT2D eigenvalue weighted by molar-refractivity contribution is 6.29. The van der Waals surface area contributed by atoms with E-state index in [1.807, 2.05) is 12.1 Å². The molecule has 0 aliphatic rings. The van der Waals surface area contributed by atoms with Gasteiger partial charge in [0, 0.05) is 6.20 Å². The second-order valence-electron chi connectivity index (χ2n) is 9.14. The molecule has 12 heteroatoms. The van der Waals surface area contributed by atoms with E-state index in [0.717, 1.165) is 46.3 Å². The number of para-hydroxylation sites is 2. The normalized spacial score (nSPS) is 11.2. The van der Waals surface area contributed by atoms with Gasteiger partial charge in [0.25, 0.3) is 0 Å². The van der Waals surface area contributed by atoms with Crippen LogP contribution in [0.4, 0.5) is 24.5 Å². The summed E-state index contributed by atoms with van der Waals surface area (Å²) >= 11 is 11.3. The van der Waals surface area contributed by atoms with E-state index in [1.165, 1.54) is 18.2 Å². The van der Waals surface area contributed by atoms with E-state index in [0.29, 0.717) is 6.54 Å². The van der Waals surface area contributed by atoms with E-state index in [2.05, 4.69) is 36.2 Å². The number of benzene rings is 2. The topological polar surface area (TPSA) is 78.5 Å². The molecule has 0 atom stereocenters. The molecule has 1 aromatic heterocycles. The first-order chi connectivity index (χ1) is 19.5. The van der Waals surface area contributed by atoms with Crippen LogP contribution in [0.3, 0.4) is 0 Å². The van der Waals surface area contributed by atoms with Gasteiger partial charge in [0.05, 0.1) is 35.3 Å². The predicted octanol–water partition coefficient (Wildman–Crippen LogP) is 6.97. The van der Waals surface area contributed by atoms with Crippen molar-refractivity contribution < 1.29 is 27.5 Å². The Morgan fingerprint density at radius 1 is 0.927 bits per heavy atom. The highest BCUT2D eigenvalue weighted by Gasteiger charge is 2.35. The molecule has 0 bridgehead atoms. The fourth-order valence-corrected chi connectivity index (χ4v) is 4.28. The highest BCUT2D eigenvalue weighted by atomic mass is 35.5. The van der Waals surface area contributed by atoms with Crippen molar-refractivity contribution in [3.8, 4) is 0 Å². The summed E-state index contributed by atoms with van der Waals surface area (Å²) in [4.78, 5) is 26.7. The zero-order valence-corrected chi connectivity index (χ0v) is 25.0. The van der Waals surface area contributed by atoms with Gasteiger partial charge < -0.3 is 9.64 Å². The summed E-state index contributed by atoms with van der Waals surface area (Å²) in [5.74, 6) is -1.20. The lowest BCUT2D eigenvalue weighted by Crippen LogP contribution is -2.36. The van der Waals surface area contributed by atoms with Crippen molar-refractivity contribution in [2.75, 3.05) is 28.3 Å². The number of alkyl halides is 5. The van der Waals surface area contributed by atoms with Crippen molar-refractivity contribution in [1.82, 2.24) is 10.2 Å². The Morgan fingerprint density at radius 2 is 1.51 bits per heavy atom. The first kappa shape index (κ1) is 34.1. The molecule has 1 heterocycles. The lowest BCUT2D eigenvalue weighted by atomic mass is 10.0. The molecule has 0 aliphatic heterocycles. The zero-order chi connectivity index (χ0) is 30.6. The van der Waals surface area contributed by atoms with Crippen LogP contribution < -0.4 is 9.80 Å². The molecule has 1 N–H and O–H groups in total. The predicted molar refractivity (Wildman–Crippen MR) is 156 cm³/mol. The summed E-state index contributed by atoms with van der Waals surface area (Å²) in [5, 5.41) is 6.85. The number of aromatic amines is 1. The van der Waals surface area contributed by atoms with Crippen molar-refractivity contribution >= 4 is 46.4 Å². The quantitative estimate of drug-likeness (QED) is 0.187. The van der Waals surface area contributed by atoms with Gasteiger partial charge in [-0.15, -0.1) is 23.2 Å². The smallest absolute Gasteiger partial charge is 0.358 e. The second kappa shape index (κ2) is 16.4. The number of halogens is 5. The number of anilines is 2. The van der Waals surface area contributed by atoms with Gasteiger partial charge in [-0.05, 0) is 56.0 Å². The number of carbonyl (C=O) groups is 2. The molecule has 41 heavy (non-hydrogen) atoms. The van der Waals surface area contributed by atoms with Crippen LogP contribution in [-0.4, -0.2) is 46.6 Å². The minimum atomic E-state index is -4.56. The Bertz CT molecular complexity index is 1230. The zero-order valence-electron chi connectivity index (χ0n) is 23.5. The van der Waals surface area contributed by atoms with Crippen LogP contribution in [0.1, 0.15) is 50.1 Å². The van der Waals surface area contributed by atoms with E-state index in [4.69, 9.17) is 27.9 Å². The molecule has 0 spiro atoms. The number of nitrogens with one attached hydrogen (secondary N) is 1. The van der Waals surface area contributed by atoms with E-state index in [-0.39, 0.29) is 30.3 Å². The fraction of sp³-hybridized carbons (Fsp3) is 0.414. The number of aromatic nitrogens is 2. The Kier molecular flexibility index (Phi) is 13.6. The van der Waals surface area contributed by atoms with Crippen LogP contribution >= 0.6 is 23.2 Å². The van der Waals surface area contributed by atoms with Crippen LogP contribution in [0, 0.1) is 0 Å². The van der Waals surface area contributed by atoms with Gasteiger partial charge >= 0.3 is 6.18 Å². The van der Waals surface area contributed by atoms with Gasteiger partial charge in [-0.3, -0.25) is 19.6 Å². The lowest BCUT2D eigenvalue weighted by Gasteiger charge is -2.26. The van der Waals surface area contributed by atoms with Gasteiger partial charge in [-0.2, -0.15) is 18.3 Å². The SMILES string of the molecule is CC(C)OCN(C(=O)CCl)c1ccccc1C(F)(F)F.CCc1cccc(CC)c1N(Cc1ccn[nH]1)C(=O)CCl. The van der Waals surface area contributed by atoms with E-state index in [9.17, 15) is 22.8 Å². The number of nitrogens with zero attached hydrogens (tertiary/aromatic N) is 3. The summed E-state index contributed by atoms with van der Waals surface area (Å²) < 4.78 is 44.1. The average molecular weight is 616 g/mol. The second-order valence-corrected chi connectivity index (χ2v) is 9.68. The van der Waals surface area contributed by atoms with Gasteiger partial charge in [0.2, 0.25) is 11.8 Å². The first-order valence-corrected chi connectivity index (χ1v) is 14.1. The molecule has 0 unspecified atom stereocenters. The molecule has 3 aromatic rings. The van der Waals surface area contributed by atoms with Gasteiger partial charge in [0.1, 0.15) is 18.5 Å². The minimum Gasteiger partial charge on any atom is -0.358 e. The standard InChI is InChI=1S/C16H20ClN3O.C13H15ClF3NO2/c1-3-12-6-5-7-13(4-2)16(12)20(15(21)10-17)11-14-8-9-18-19-14;1-9(2)20-8-18(12(19)7-14)11-6-4-3-5-10(11)13(15,16)17/h5-9H,3-4,10-11H2,1-2H3,(H,18,19);3-6,9H,7-8H2,1-2H3. The Labute approximate surface area is 248 Å². The molecule has 2 amide bonds. The molecular formula is C29H35Cl2F3N4O3. The number of rotatable bonds is 11. The summed E-state index contributed by atoms with van der Waals surface area (Å²) in [7, 11) is 0. The molecule has 0 radical (unpaired) electrons. The number of carbonyl (C=O) groups excluding carboxylic acids is 2. The number of hydrogen-bond acceptors (Lipinski definition) is 4. The third-order valence-corrected chi connectivity index (χ3v) is 6.45. The summed E-state index contributed by atoms with van der Waals surface area (Å²) in [6.45, 7) is 7.81. The summed E-state index contributed by atoms with van der Waals surface area (Å²) in [6.07, 6.45) is -1.35. The maximum atomic E-state index is 13.0. The van der Waals surface area contributed by atoms with Crippen molar-refractivity contribution in [3.05, 3.63) is 77.1 Å².